The molecule has 3 nitrogen and oxygen atoms in total. The molecule has 0 heterocycles. The smallest absolute Gasteiger partial charge is 0.0528 e. The van der Waals surface area contributed by atoms with Crippen LogP contribution >= 0.6 is 8.60 Å². The first kappa shape index (κ1) is 15.8. The molecule has 4 heteroatoms. The third-order valence-corrected chi connectivity index (χ3v) is 2.77. The van der Waals surface area contributed by atoms with Gasteiger partial charge in [-0.1, -0.05) is 60.7 Å². The number of rotatable bonds is 3. The van der Waals surface area contributed by atoms with Gasteiger partial charge in [-0.2, -0.15) is 8.60 Å². The highest BCUT2D eigenvalue weighted by Crippen LogP contribution is 2.17. The standard InChI is InChI=1S/C12H10.C3H7O3P/c1-3-7-11(8-4-1)12-9-5-2-6-10-12;1-3(2)6-7(4)5/h1-10H;3H,1-2H3/q;-2. The van der Waals surface area contributed by atoms with Crippen LogP contribution in [0.2, 0.25) is 0 Å². The van der Waals surface area contributed by atoms with E-state index in [2.05, 4.69) is 53.1 Å². The van der Waals surface area contributed by atoms with E-state index in [0.29, 0.717) is 0 Å². The Balaban J connectivity index is 0.000000224. The minimum Gasteiger partial charge on any atom is -0.820 e. The molecule has 0 amide bonds. The van der Waals surface area contributed by atoms with Crippen molar-refractivity contribution in [3.8, 4) is 11.1 Å². The summed E-state index contributed by atoms with van der Waals surface area (Å²) in [5.74, 6) is 0. The van der Waals surface area contributed by atoms with Crippen LogP contribution in [0.15, 0.2) is 60.7 Å². The van der Waals surface area contributed by atoms with Gasteiger partial charge >= 0.3 is 0 Å². The average molecular weight is 276 g/mol. The van der Waals surface area contributed by atoms with Crippen molar-refractivity contribution >= 4 is 8.60 Å². The molecule has 19 heavy (non-hydrogen) atoms. The predicted molar refractivity (Wildman–Crippen MR) is 75.0 cm³/mol. The van der Waals surface area contributed by atoms with E-state index >= 15 is 0 Å². The Kier molecular flexibility index (Phi) is 7.31. The fourth-order valence-corrected chi connectivity index (χ4v) is 1.78. The van der Waals surface area contributed by atoms with E-state index in [1.54, 1.807) is 13.8 Å². The first-order chi connectivity index (χ1) is 9.09. The molecule has 0 unspecified atom stereocenters. The van der Waals surface area contributed by atoms with Crippen LogP contribution in [0.4, 0.5) is 0 Å². The van der Waals surface area contributed by atoms with Crippen molar-refractivity contribution in [2.45, 2.75) is 20.0 Å². The Hall–Kier alpha value is -1.25. The van der Waals surface area contributed by atoms with Crippen LogP contribution in [0.1, 0.15) is 13.8 Å². The Morgan fingerprint density at radius 1 is 0.789 bits per heavy atom. The largest absolute Gasteiger partial charge is 0.820 e. The quantitative estimate of drug-likeness (QED) is 0.810. The third-order valence-electron chi connectivity index (χ3n) is 2.18. The van der Waals surface area contributed by atoms with Crippen molar-refractivity contribution in [2.75, 3.05) is 0 Å². The van der Waals surface area contributed by atoms with E-state index in [9.17, 15) is 9.79 Å². The second-order valence-corrected chi connectivity index (χ2v) is 4.77. The fourth-order valence-electron chi connectivity index (χ4n) is 1.43. The van der Waals surface area contributed by atoms with Gasteiger partial charge in [-0.3, -0.25) is 0 Å². The molecule has 0 bridgehead atoms. The lowest BCUT2D eigenvalue weighted by atomic mass is 10.1. The van der Waals surface area contributed by atoms with Gasteiger partial charge in [0.25, 0.3) is 0 Å². The summed E-state index contributed by atoms with van der Waals surface area (Å²) >= 11 is 0. The molecule has 2 aromatic carbocycles. The van der Waals surface area contributed by atoms with E-state index in [1.807, 2.05) is 12.1 Å². The molecular formula is C15H17O3P-2. The van der Waals surface area contributed by atoms with Crippen LogP contribution in [0.3, 0.4) is 0 Å². The highest BCUT2D eigenvalue weighted by atomic mass is 31.2. The van der Waals surface area contributed by atoms with Crippen molar-refractivity contribution in [2.24, 2.45) is 0 Å². The van der Waals surface area contributed by atoms with Gasteiger partial charge in [-0.25, -0.2) is 0 Å². The molecule has 0 saturated heterocycles. The van der Waals surface area contributed by atoms with Gasteiger partial charge in [-0.05, 0) is 25.0 Å². The minimum atomic E-state index is -2.64. The topological polar surface area (TPSA) is 55.3 Å². The summed E-state index contributed by atoms with van der Waals surface area (Å²) in [4.78, 5) is 19.2. The molecule has 0 radical (unpaired) electrons. The highest BCUT2D eigenvalue weighted by molar-refractivity contribution is 7.36. The van der Waals surface area contributed by atoms with E-state index < -0.39 is 8.60 Å². The SMILES string of the molecule is CC(C)OP([O-])[O-].c1ccc(-c2ccccc2)cc1. The highest BCUT2D eigenvalue weighted by Gasteiger charge is 1.91. The van der Waals surface area contributed by atoms with Crippen molar-refractivity contribution in [3.63, 3.8) is 0 Å². The van der Waals surface area contributed by atoms with Crippen molar-refractivity contribution in [1.29, 1.82) is 0 Å². The van der Waals surface area contributed by atoms with Crippen LogP contribution in [0.25, 0.3) is 11.1 Å². The van der Waals surface area contributed by atoms with Crippen molar-refractivity contribution < 1.29 is 14.3 Å². The van der Waals surface area contributed by atoms with Crippen LogP contribution in [-0.4, -0.2) is 6.10 Å². The summed E-state index contributed by atoms with van der Waals surface area (Å²) in [5.41, 5.74) is 2.55. The van der Waals surface area contributed by atoms with Gasteiger partial charge in [-0.15, -0.1) is 0 Å². The average Bonchev–Trinajstić information content (AvgIpc) is 2.40. The molecule has 0 aliphatic rings. The summed E-state index contributed by atoms with van der Waals surface area (Å²) in [6.07, 6.45) is -0.221. The summed E-state index contributed by atoms with van der Waals surface area (Å²) in [6, 6.07) is 20.8. The molecule has 102 valence electrons. The van der Waals surface area contributed by atoms with E-state index in [-0.39, 0.29) is 6.10 Å². The van der Waals surface area contributed by atoms with Crippen LogP contribution in [0, 0.1) is 0 Å². The van der Waals surface area contributed by atoms with Gasteiger partial charge in [0.15, 0.2) is 0 Å². The van der Waals surface area contributed by atoms with Crippen LogP contribution < -0.4 is 9.79 Å². The molecule has 0 saturated carbocycles. The molecule has 0 aliphatic carbocycles. The van der Waals surface area contributed by atoms with E-state index in [0.717, 1.165) is 0 Å². The predicted octanol–water partition coefficient (Wildman–Crippen LogP) is 2.71. The third kappa shape index (κ3) is 7.04. The molecular weight excluding hydrogens is 259 g/mol. The molecule has 0 spiro atoms. The van der Waals surface area contributed by atoms with Gasteiger partial charge in [0.1, 0.15) is 0 Å². The molecule has 0 fully saturated rings. The van der Waals surface area contributed by atoms with Gasteiger partial charge in [0.2, 0.25) is 0 Å². The molecule has 2 aromatic rings. The van der Waals surface area contributed by atoms with Crippen LogP contribution in [0.5, 0.6) is 0 Å². The Bertz CT molecular complexity index is 400. The lowest BCUT2D eigenvalue weighted by Crippen LogP contribution is -2.14. The normalized spacial score (nSPS) is 10.2. The molecule has 0 aromatic heterocycles. The second-order valence-electron chi connectivity index (χ2n) is 4.11. The number of benzene rings is 2. The second kappa shape index (κ2) is 8.78. The monoisotopic (exact) mass is 276 g/mol. The summed E-state index contributed by atoms with van der Waals surface area (Å²) in [7, 11) is -2.64. The van der Waals surface area contributed by atoms with E-state index in [4.69, 9.17) is 0 Å². The van der Waals surface area contributed by atoms with Crippen LogP contribution in [-0.2, 0) is 4.52 Å². The molecule has 0 aliphatic heterocycles. The summed E-state index contributed by atoms with van der Waals surface area (Å²) in [5, 5.41) is 0. The zero-order chi connectivity index (χ0) is 14.1. The fraction of sp³-hybridized carbons (Fsp3) is 0.200. The van der Waals surface area contributed by atoms with Gasteiger partial charge < -0.3 is 14.3 Å². The lowest BCUT2D eigenvalue weighted by Gasteiger charge is -2.31. The van der Waals surface area contributed by atoms with E-state index in [1.165, 1.54) is 11.1 Å². The van der Waals surface area contributed by atoms with Gasteiger partial charge in [0, 0.05) is 0 Å². The first-order valence-corrected chi connectivity index (χ1v) is 7.10. The maximum absolute atomic E-state index is 9.62. The molecule has 0 atom stereocenters. The lowest BCUT2D eigenvalue weighted by molar-refractivity contribution is -0.320. The molecule has 2 rings (SSSR count). The Morgan fingerprint density at radius 2 is 1.16 bits per heavy atom. The zero-order valence-corrected chi connectivity index (χ0v) is 11.9. The number of hydrogen-bond donors (Lipinski definition) is 0. The van der Waals surface area contributed by atoms with Crippen molar-refractivity contribution in [3.05, 3.63) is 60.7 Å². The maximum Gasteiger partial charge on any atom is 0.0528 e. The van der Waals surface area contributed by atoms with Crippen molar-refractivity contribution in [1.82, 2.24) is 0 Å². The Labute approximate surface area is 115 Å². The maximum atomic E-state index is 9.62. The summed E-state index contributed by atoms with van der Waals surface area (Å²) < 4.78 is 4.20. The summed E-state index contributed by atoms with van der Waals surface area (Å²) in [6.45, 7) is 3.32. The van der Waals surface area contributed by atoms with Gasteiger partial charge in [0.05, 0.1) is 6.10 Å². The Morgan fingerprint density at radius 3 is 1.37 bits per heavy atom. The minimum absolute atomic E-state index is 0.221. The zero-order valence-electron chi connectivity index (χ0n) is 11.0. The molecule has 0 N–H and O–H groups in total. The first-order valence-electron chi connectivity index (χ1n) is 6.01. The number of hydrogen-bond acceptors (Lipinski definition) is 3.